The van der Waals surface area contributed by atoms with Crippen molar-refractivity contribution in [2.75, 3.05) is 0 Å². The Balaban J connectivity index is 1.56. The van der Waals surface area contributed by atoms with Gasteiger partial charge in [0.15, 0.2) is 0 Å². The van der Waals surface area contributed by atoms with Crippen LogP contribution in [0.4, 0.5) is 0 Å². The lowest BCUT2D eigenvalue weighted by molar-refractivity contribution is 0.590. The molecule has 0 fully saturated rings. The van der Waals surface area contributed by atoms with E-state index in [1.165, 1.54) is 22.3 Å². The van der Waals surface area contributed by atoms with Gasteiger partial charge in [-0.3, -0.25) is 0 Å². The minimum absolute atomic E-state index is 0.0769. The summed E-state index contributed by atoms with van der Waals surface area (Å²) in [6.07, 6.45) is 4.34. The fraction of sp³-hybridized carbons (Fsp3) is 0.267. The molecule has 3 nitrogen and oxygen atoms in total. The molecule has 3 heteroatoms. The second-order valence-electron chi connectivity index (χ2n) is 16.4. The van der Waals surface area contributed by atoms with E-state index in [1.54, 1.807) is 0 Å². The molecule has 242 valence electrons. The van der Waals surface area contributed by atoms with Crippen LogP contribution in [0, 0.1) is 0 Å². The van der Waals surface area contributed by atoms with Gasteiger partial charge in [-0.2, -0.15) is 0 Å². The van der Waals surface area contributed by atoms with Crippen molar-refractivity contribution in [1.82, 2.24) is 15.0 Å². The first-order valence-electron chi connectivity index (χ1n) is 17.1. The van der Waals surface area contributed by atoms with Gasteiger partial charge in [-0.1, -0.05) is 135 Å². The average Bonchev–Trinajstić information content (AvgIpc) is 3.81. The maximum atomic E-state index is 5.36. The van der Waals surface area contributed by atoms with Gasteiger partial charge in [0.1, 0.15) is 0 Å². The smallest absolute Gasteiger partial charge is 0.0737 e. The molecule has 3 aromatic heterocycles. The van der Waals surface area contributed by atoms with Crippen molar-refractivity contribution >= 4 is 34.2 Å². The van der Waals surface area contributed by atoms with Crippen LogP contribution in [0.1, 0.15) is 90.4 Å². The predicted molar refractivity (Wildman–Crippen MR) is 207 cm³/mol. The van der Waals surface area contributed by atoms with Crippen molar-refractivity contribution in [3.8, 4) is 33.4 Å². The number of fused-ring (bicyclic) bond motifs is 6. The van der Waals surface area contributed by atoms with E-state index in [0.717, 1.165) is 61.3 Å². The molecule has 48 heavy (non-hydrogen) atoms. The molecule has 0 saturated carbocycles. The van der Waals surface area contributed by atoms with Gasteiger partial charge >= 0.3 is 0 Å². The third-order valence-corrected chi connectivity index (χ3v) is 9.72. The van der Waals surface area contributed by atoms with Crippen molar-refractivity contribution in [2.24, 2.45) is 0 Å². The van der Waals surface area contributed by atoms with Gasteiger partial charge in [0, 0.05) is 38.8 Å². The molecule has 0 atom stereocenters. The van der Waals surface area contributed by atoms with Crippen molar-refractivity contribution in [3.63, 3.8) is 0 Å². The first kappa shape index (κ1) is 31.7. The Labute approximate surface area is 285 Å². The molecule has 0 unspecified atom stereocenters. The first-order valence-corrected chi connectivity index (χ1v) is 17.1. The number of aromatic nitrogens is 3. The average molecular weight is 630 g/mol. The van der Waals surface area contributed by atoms with E-state index in [4.69, 9.17) is 4.98 Å². The van der Waals surface area contributed by atoms with Crippen LogP contribution >= 0.6 is 0 Å². The summed E-state index contributed by atoms with van der Waals surface area (Å²) in [5.41, 5.74) is 17.1. The van der Waals surface area contributed by atoms with E-state index in [2.05, 4.69) is 181 Å². The molecule has 0 aliphatic carbocycles. The second kappa shape index (κ2) is 11.4. The van der Waals surface area contributed by atoms with Crippen LogP contribution in [0.2, 0.25) is 0 Å². The van der Waals surface area contributed by atoms with Crippen LogP contribution in [0.3, 0.4) is 0 Å². The molecule has 6 aromatic rings. The number of aromatic amines is 2. The summed E-state index contributed by atoms with van der Waals surface area (Å²) in [7, 11) is 0. The van der Waals surface area contributed by atoms with Gasteiger partial charge in [0.05, 0.1) is 11.4 Å². The second-order valence-corrected chi connectivity index (χ2v) is 16.4. The molecular formula is C45H47N3. The highest BCUT2D eigenvalue weighted by Crippen LogP contribution is 2.38. The Hall–Kier alpha value is -4.89. The molecule has 0 amide bonds. The molecule has 6 bridgehead atoms. The van der Waals surface area contributed by atoms with Gasteiger partial charge in [-0.15, -0.1) is 0 Å². The van der Waals surface area contributed by atoms with Crippen LogP contribution in [0.25, 0.3) is 67.6 Å². The zero-order valence-corrected chi connectivity index (χ0v) is 29.8. The first-order chi connectivity index (χ1) is 22.7. The number of rotatable bonds is 3. The Morgan fingerprint density at radius 3 is 0.917 bits per heavy atom. The van der Waals surface area contributed by atoms with Crippen LogP contribution < -0.4 is 0 Å². The Bertz CT molecular complexity index is 2100. The Morgan fingerprint density at radius 1 is 0.354 bits per heavy atom. The van der Waals surface area contributed by atoms with E-state index in [9.17, 15) is 0 Å². The molecule has 0 saturated heterocycles. The number of H-pyrrole nitrogens is 2. The number of nitrogens with zero attached hydrogens (tertiary/aromatic N) is 1. The van der Waals surface area contributed by atoms with Crippen LogP contribution in [-0.4, -0.2) is 15.0 Å². The van der Waals surface area contributed by atoms with E-state index < -0.39 is 0 Å². The molecule has 0 radical (unpaired) electrons. The summed E-state index contributed by atoms with van der Waals surface area (Å²) < 4.78 is 0. The van der Waals surface area contributed by atoms with Crippen molar-refractivity contribution in [2.45, 2.75) is 78.6 Å². The minimum atomic E-state index is 0.0769. The van der Waals surface area contributed by atoms with Crippen LogP contribution in [0.5, 0.6) is 0 Å². The highest BCUT2D eigenvalue weighted by Gasteiger charge is 2.20. The van der Waals surface area contributed by atoms with Crippen molar-refractivity contribution < 1.29 is 0 Å². The predicted octanol–water partition coefficient (Wildman–Crippen LogP) is 12.5. The summed E-state index contributed by atoms with van der Waals surface area (Å²) in [4.78, 5) is 13.0. The fourth-order valence-corrected chi connectivity index (χ4v) is 6.76. The number of hydrogen-bond donors (Lipinski definition) is 2. The van der Waals surface area contributed by atoms with Crippen molar-refractivity contribution in [1.29, 1.82) is 0 Å². The standard InChI is InChI=1S/C45H47N3/c1-43(2,3)31-16-10-28(11-17-31)40-34-22-24-36(46-34)41(29-12-18-32(19-13-29)44(4,5)6)38-26-27-39(48-38)42(37-25-23-35(40)47-37)30-14-20-33(21-15-30)45(7,8)9/h10-27,46-47H,1-9H3. The van der Waals surface area contributed by atoms with E-state index in [0.29, 0.717) is 0 Å². The summed E-state index contributed by atoms with van der Waals surface area (Å²) >= 11 is 0. The molecule has 7 rings (SSSR count). The summed E-state index contributed by atoms with van der Waals surface area (Å²) in [6.45, 7) is 20.3. The van der Waals surface area contributed by atoms with Crippen LogP contribution in [-0.2, 0) is 16.2 Å². The van der Waals surface area contributed by atoms with E-state index >= 15 is 0 Å². The Morgan fingerprint density at radius 2 is 0.625 bits per heavy atom. The highest BCUT2D eigenvalue weighted by atomic mass is 14.8. The monoisotopic (exact) mass is 629 g/mol. The van der Waals surface area contributed by atoms with Gasteiger partial charge < -0.3 is 9.97 Å². The minimum Gasteiger partial charge on any atom is -0.354 e. The molecular weight excluding hydrogens is 583 g/mol. The van der Waals surface area contributed by atoms with Crippen molar-refractivity contribution in [3.05, 3.63) is 125 Å². The fourth-order valence-electron chi connectivity index (χ4n) is 6.76. The lowest BCUT2D eigenvalue weighted by Crippen LogP contribution is -2.10. The number of nitrogens with one attached hydrogen (secondary N) is 2. The molecule has 2 N–H and O–H groups in total. The Kier molecular flexibility index (Phi) is 7.51. The van der Waals surface area contributed by atoms with Gasteiger partial charge in [0.25, 0.3) is 0 Å². The number of hydrogen-bond acceptors (Lipinski definition) is 1. The number of benzene rings is 3. The summed E-state index contributed by atoms with van der Waals surface area (Å²) in [5, 5.41) is 0. The maximum absolute atomic E-state index is 5.36. The highest BCUT2D eigenvalue weighted by molar-refractivity contribution is 6.00. The van der Waals surface area contributed by atoms with Crippen LogP contribution in [0.15, 0.2) is 97.1 Å². The van der Waals surface area contributed by atoms with Gasteiger partial charge in [-0.05, 0) is 86.0 Å². The zero-order chi connectivity index (χ0) is 34.0. The zero-order valence-electron chi connectivity index (χ0n) is 29.8. The molecule has 1 aliphatic rings. The lowest BCUT2D eigenvalue weighted by atomic mass is 9.86. The third-order valence-electron chi connectivity index (χ3n) is 9.72. The van der Waals surface area contributed by atoms with E-state index in [-0.39, 0.29) is 16.2 Å². The topological polar surface area (TPSA) is 44.5 Å². The SMILES string of the molecule is CC(C)(C)c1ccc(-c2c3nc(c(-c4ccc(C(C)(C)C)cc4)c4ccc([nH]4)c(-c4ccc(C(C)(C)C)cc4)c4ccc2[nH]4)C=C3)cc1. The summed E-state index contributed by atoms with van der Waals surface area (Å²) in [6, 6.07) is 35.9. The molecule has 4 heterocycles. The van der Waals surface area contributed by atoms with E-state index in [1.807, 2.05) is 0 Å². The van der Waals surface area contributed by atoms with Gasteiger partial charge in [-0.25, -0.2) is 4.98 Å². The largest absolute Gasteiger partial charge is 0.354 e. The van der Waals surface area contributed by atoms with Gasteiger partial charge in [0.2, 0.25) is 0 Å². The summed E-state index contributed by atoms with van der Waals surface area (Å²) in [5.74, 6) is 0. The molecule has 1 aliphatic heterocycles. The maximum Gasteiger partial charge on any atom is 0.0737 e. The quantitative estimate of drug-likeness (QED) is 0.201. The lowest BCUT2D eigenvalue weighted by Gasteiger charge is -2.19. The molecule has 0 spiro atoms. The third kappa shape index (κ3) is 5.87. The normalized spacial score (nSPS) is 13.0. The molecule has 3 aromatic carbocycles.